The van der Waals surface area contributed by atoms with E-state index in [9.17, 15) is 8.42 Å². The SMILES string of the molecule is COCCN(C(C)C)S(=O)(=O)c1ccc(OC)c(CN)c1. The number of hydrogen-bond acceptors (Lipinski definition) is 5. The smallest absolute Gasteiger partial charge is 0.243 e. The first-order valence-corrected chi connectivity index (χ1v) is 8.20. The third-order valence-corrected chi connectivity index (χ3v) is 5.24. The molecule has 0 radical (unpaired) electrons. The molecule has 0 saturated carbocycles. The predicted octanol–water partition coefficient (Wildman–Crippen LogP) is 1.20. The van der Waals surface area contributed by atoms with Crippen LogP contribution in [0.2, 0.25) is 0 Å². The summed E-state index contributed by atoms with van der Waals surface area (Å²) >= 11 is 0. The molecular formula is C14H24N2O4S. The first kappa shape index (κ1) is 17.9. The molecule has 0 amide bonds. The summed E-state index contributed by atoms with van der Waals surface area (Å²) in [6.07, 6.45) is 0. The van der Waals surface area contributed by atoms with Crippen LogP contribution in [0.25, 0.3) is 0 Å². The fourth-order valence-corrected chi connectivity index (χ4v) is 3.72. The maximum atomic E-state index is 12.7. The summed E-state index contributed by atoms with van der Waals surface area (Å²) in [5, 5.41) is 0. The number of benzene rings is 1. The molecular weight excluding hydrogens is 292 g/mol. The minimum atomic E-state index is -3.59. The van der Waals surface area contributed by atoms with Crippen LogP contribution in [0.1, 0.15) is 19.4 Å². The van der Waals surface area contributed by atoms with Crippen LogP contribution in [0.3, 0.4) is 0 Å². The van der Waals surface area contributed by atoms with Crippen molar-refractivity contribution in [2.24, 2.45) is 5.73 Å². The summed E-state index contributed by atoms with van der Waals surface area (Å²) < 4.78 is 37.0. The molecule has 6 nitrogen and oxygen atoms in total. The highest BCUT2D eigenvalue weighted by Crippen LogP contribution is 2.25. The Balaban J connectivity index is 3.21. The van der Waals surface area contributed by atoms with Gasteiger partial charge in [-0.25, -0.2) is 8.42 Å². The topological polar surface area (TPSA) is 81.9 Å². The zero-order valence-electron chi connectivity index (χ0n) is 13.0. The van der Waals surface area contributed by atoms with E-state index in [0.717, 1.165) is 0 Å². The fourth-order valence-electron chi connectivity index (χ4n) is 2.05. The first-order chi connectivity index (χ1) is 9.88. The maximum Gasteiger partial charge on any atom is 0.243 e. The molecule has 0 fully saturated rings. The standard InChI is InChI=1S/C14H24N2O4S/c1-11(2)16(7-8-19-3)21(17,18)13-5-6-14(20-4)12(9-13)10-15/h5-6,9,11H,7-8,10,15H2,1-4H3. The average molecular weight is 316 g/mol. The lowest BCUT2D eigenvalue weighted by Gasteiger charge is -2.26. The molecule has 0 aromatic heterocycles. The minimum Gasteiger partial charge on any atom is -0.496 e. The molecule has 0 atom stereocenters. The molecule has 0 aliphatic carbocycles. The van der Waals surface area contributed by atoms with Gasteiger partial charge >= 0.3 is 0 Å². The van der Waals surface area contributed by atoms with Crippen LogP contribution in [0.4, 0.5) is 0 Å². The van der Waals surface area contributed by atoms with Crippen molar-refractivity contribution in [3.05, 3.63) is 23.8 Å². The largest absolute Gasteiger partial charge is 0.496 e. The van der Waals surface area contributed by atoms with Gasteiger partial charge in [-0.05, 0) is 32.0 Å². The van der Waals surface area contributed by atoms with Gasteiger partial charge in [0.25, 0.3) is 0 Å². The van der Waals surface area contributed by atoms with Gasteiger partial charge in [-0.1, -0.05) is 0 Å². The maximum absolute atomic E-state index is 12.7. The molecule has 0 spiro atoms. The van der Waals surface area contributed by atoms with E-state index >= 15 is 0 Å². The first-order valence-electron chi connectivity index (χ1n) is 6.76. The van der Waals surface area contributed by atoms with Gasteiger partial charge in [-0.15, -0.1) is 0 Å². The number of nitrogens with zero attached hydrogens (tertiary/aromatic N) is 1. The highest BCUT2D eigenvalue weighted by atomic mass is 32.2. The monoisotopic (exact) mass is 316 g/mol. The molecule has 0 saturated heterocycles. The van der Waals surface area contributed by atoms with E-state index in [4.69, 9.17) is 15.2 Å². The molecule has 1 aromatic carbocycles. The van der Waals surface area contributed by atoms with Gasteiger partial charge in [0.1, 0.15) is 5.75 Å². The molecule has 2 N–H and O–H groups in total. The van der Waals surface area contributed by atoms with Crippen molar-refractivity contribution in [3.63, 3.8) is 0 Å². The Morgan fingerprint density at radius 3 is 2.43 bits per heavy atom. The Labute approximate surface area is 126 Å². The molecule has 120 valence electrons. The summed E-state index contributed by atoms with van der Waals surface area (Å²) in [4.78, 5) is 0.216. The van der Waals surface area contributed by atoms with Crippen molar-refractivity contribution < 1.29 is 17.9 Å². The van der Waals surface area contributed by atoms with Crippen LogP contribution < -0.4 is 10.5 Å². The zero-order valence-corrected chi connectivity index (χ0v) is 13.8. The number of ether oxygens (including phenoxy) is 2. The average Bonchev–Trinajstić information content (AvgIpc) is 2.46. The lowest BCUT2D eigenvalue weighted by atomic mass is 10.2. The van der Waals surface area contributed by atoms with E-state index in [1.165, 1.54) is 17.5 Å². The number of methoxy groups -OCH3 is 2. The second-order valence-corrected chi connectivity index (χ2v) is 6.77. The molecule has 0 unspecified atom stereocenters. The Kier molecular flexibility index (Phi) is 6.60. The Bertz CT molecular complexity index is 558. The van der Waals surface area contributed by atoms with Crippen molar-refractivity contribution in [1.29, 1.82) is 0 Å². The Morgan fingerprint density at radius 1 is 1.29 bits per heavy atom. The number of hydrogen-bond donors (Lipinski definition) is 1. The van der Waals surface area contributed by atoms with Gasteiger partial charge in [0.15, 0.2) is 0 Å². The highest BCUT2D eigenvalue weighted by molar-refractivity contribution is 7.89. The van der Waals surface area contributed by atoms with Crippen molar-refractivity contribution in [3.8, 4) is 5.75 Å². The summed E-state index contributed by atoms with van der Waals surface area (Å²) in [5.74, 6) is 0.587. The number of sulfonamides is 1. The number of rotatable bonds is 8. The molecule has 0 aliphatic heterocycles. The normalized spacial score (nSPS) is 12.1. The molecule has 7 heteroatoms. The van der Waals surface area contributed by atoms with Gasteiger partial charge in [0.05, 0.1) is 18.6 Å². The second kappa shape index (κ2) is 7.74. The van der Waals surface area contributed by atoms with Crippen molar-refractivity contribution in [2.75, 3.05) is 27.4 Å². The summed E-state index contributed by atoms with van der Waals surface area (Å²) in [6, 6.07) is 4.57. The molecule has 0 aliphatic rings. The van der Waals surface area contributed by atoms with Gasteiger partial charge in [-0.3, -0.25) is 0 Å². The van der Waals surface area contributed by atoms with Crippen molar-refractivity contribution in [2.45, 2.75) is 31.3 Å². The third kappa shape index (κ3) is 4.16. The predicted molar refractivity (Wildman–Crippen MR) is 81.8 cm³/mol. The van der Waals surface area contributed by atoms with Crippen LogP contribution in [0.5, 0.6) is 5.75 Å². The highest BCUT2D eigenvalue weighted by Gasteiger charge is 2.27. The summed E-state index contributed by atoms with van der Waals surface area (Å²) in [6.45, 7) is 4.53. The zero-order chi connectivity index (χ0) is 16.0. The van der Waals surface area contributed by atoms with Crippen LogP contribution in [-0.4, -0.2) is 46.1 Å². The molecule has 0 bridgehead atoms. The lowest BCUT2D eigenvalue weighted by Crippen LogP contribution is -2.39. The van der Waals surface area contributed by atoms with Crippen LogP contribution in [0, 0.1) is 0 Å². The quantitative estimate of drug-likeness (QED) is 0.779. The van der Waals surface area contributed by atoms with E-state index in [1.807, 2.05) is 13.8 Å². The van der Waals surface area contributed by atoms with E-state index in [0.29, 0.717) is 24.5 Å². The van der Waals surface area contributed by atoms with Crippen LogP contribution >= 0.6 is 0 Å². The van der Waals surface area contributed by atoms with Gasteiger partial charge in [0.2, 0.25) is 10.0 Å². The molecule has 21 heavy (non-hydrogen) atoms. The van der Waals surface area contributed by atoms with Crippen LogP contribution in [-0.2, 0) is 21.3 Å². The van der Waals surface area contributed by atoms with Gasteiger partial charge in [-0.2, -0.15) is 4.31 Å². The molecule has 1 aromatic rings. The van der Waals surface area contributed by atoms with E-state index in [2.05, 4.69) is 0 Å². The summed E-state index contributed by atoms with van der Waals surface area (Å²) in [7, 11) is -0.512. The minimum absolute atomic E-state index is 0.159. The van der Waals surface area contributed by atoms with Gasteiger partial charge < -0.3 is 15.2 Å². The van der Waals surface area contributed by atoms with Gasteiger partial charge in [0, 0.05) is 31.8 Å². The number of nitrogens with two attached hydrogens (primary N) is 1. The second-order valence-electron chi connectivity index (χ2n) is 4.88. The third-order valence-electron chi connectivity index (χ3n) is 3.17. The lowest BCUT2D eigenvalue weighted by molar-refractivity contribution is 0.171. The fraction of sp³-hybridized carbons (Fsp3) is 0.571. The van der Waals surface area contributed by atoms with E-state index in [-0.39, 0.29) is 17.5 Å². The summed E-state index contributed by atoms with van der Waals surface area (Å²) in [5.41, 5.74) is 6.31. The van der Waals surface area contributed by atoms with Crippen molar-refractivity contribution in [1.82, 2.24) is 4.31 Å². The van der Waals surface area contributed by atoms with E-state index in [1.54, 1.807) is 19.2 Å². The van der Waals surface area contributed by atoms with Crippen molar-refractivity contribution >= 4 is 10.0 Å². The molecule has 1 rings (SSSR count). The van der Waals surface area contributed by atoms with Crippen LogP contribution in [0.15, 0.2) is 23.1 Å². The Hall–Kier alpha value is -1.15. The molecule has 0 heterocycles. The van der Waals surface area contributed by atoms with E-state index < -0.39 is 10.0 Å². The Morgan fingerprint density at radius 2 is 1.95 bits per heavy atom.